The number of ether oxygens (including phenoxy) is 1. The number of hydrogen-bond acceptors (Lipinski definition) is 3. The van der Waals surface area contributed by atoms with Crippen molar-refractivity contribution in [3.05, 3.63) is 0 Å². The van der Waals surface area contributed by atoms with E-state index < -0.39 is 5.60 Å². The maximum Gasteiger partial charge on any atom is 0.161 e. The lowest BCUT2D eigenvalue weighted by atomic mass is 9.74. The minimum absolute atomic E-state index is 0.109. The van der Waals surface area contributed by atoms with Crippen LogP contribution >= 0.6 is 0 Å². The lowest BCUT2D eigenvalue weighted by Gasteiger charge is -2.48. The molecule has 3 heteroatoms. The largest absolute Gasteiger partial charge is 0.362 e. The van der Waals surface area contributed by atoms with E-state index in [9.17, 15) is 4.79 Å². The Morgan fingerprint density at radius 3 is 2.47 bits per heavy atom. The maximum atomic E-state index is 11.9. The van der Waals surface area contributed by atoms with Crippen LogP contribution in [-0.4, -0.2) is 30.6 Å². The van der Waals surface area contributed by atoms with Gasteiger partial charge >= 0.3 is 0 Å². The number of carbonyl (C=O) groups is 1. The molecule has 1 N–H and O–H groups in total. The Kier molecular flexibility index (Phi) is 5.57. The topological polar surface area (TPSA) is 38.3 Å². The second-order valence-electron chi connectivity index (χ2n) is 6.61. The highest BCUT2D eigenvalue weighted by Crippen LogP contribution is 2.38. The predicted molar refractivity (Wildman–Crippen MR) is 79.2 cm³/mol. The minimum atomic E-state index is -0.612. The van der Waals surface area contributed by atoms with Gasteiger partial charge in [-0.05, 0) is 45.1 Å². The van der Waals surface area contributed by atoms with Gasteiger partial charge < -0.3 is 10.1 Å². The molecule has 1 saturated heterocycles. The van der Waals surface area contributed by atoms with E-state index in [1.54, 1.807) is 6.92 Å². The van der Waals surface area contributed by atoms with Crippen molar-refractivity contribution in [1.29, 1.82) is 0 Å². The van der Waals surface area contributed by atoms with Gasteiger partial charge in [-0.15, -0.1) is 0 Å². The molecule has 0 amide bonds. The van der Waals surface area contributed by atoms with Gasteiger partial charge in [-0.3, -0.25) is 4.79 Å². The Hall–Kier alpha value is -0.410. The van der Waals surface area contributed by atoms with Crippen molar-refractivity contribution in [1.82, 2.24) is 5.32 Å². The van der Waals surface area contributed by atoms with Gasteiger partial charge in [0.2, 0.25) is 0 Å². The standard InChI is InChI=1S/C16H31NO2/c1-8-10(2)12(4)15-14(17-7)11(3)9-16(6,19-15)13(5)18/h10-12,14-15,17H,8-9H2,1-7H3. The average Bonchev–Trinajstić information content (AvgIpc) is 2.36. The van der Waals surface area contributed by atoms with Gasteiger partial charge in [-0.1, -0.05) is 34.1 Å². The van der Waals surface area contributed by atoms with Gasteiger partial charge in [0.05, 0.1) is 6.10 Å². The molecule has 1 aliphatic rings. The van der Waals surface area contributed by atoms with E-state index in [1.165, 1.54) is 0 Å². The highest BCUT2D eigenvalue weighted by Gasteiger charge is 2.47. The number of hydrogen-bond donors (Lipinski definition) is 1. The molecule has 0 aromatic carbocycles. The highest BCUT2D eigenvalue weighted by atomic mass is 16.5. The molecule has 6 unspecified atom stereocenters. The zero-order valence-corrected chi connectivity index (χ0v) is 13.6. The first kappa shape index (κ1) is 16.6. The van der Waals surface area contributed by atoms with Crippen LogP contribution in [0.25, 0.3) is 0 Å². The third-order valence-corrected chi connectivity index (χ3v) is 5.21. The molecule has 1 heterocycles. The number of Topliss-reactive ketones (excluding diaryl/α,β-unsaturated/α-hetero) is 1. The molecule has 3 nitrogen and oxygen atoms in total. The molecule has 1 aliphatic heterocycles. The van der Waals surface area contributed by atoms with Crippen LogP contribution in [0.3, 0.4) is 0 Å². The fraction of sp³-hybridized carbons (Fsp3) is 0.938. The van der Waals surface area contributed by atoms with Crippen molar-refractivity contribution in [2.45, 2.75) is 72.1 Å². The van der Waals surface area contributed by atoms with E-state index in [0.29, 0.717) is 23.8 Å². The molecule has 0 aliphatic carbocycles. The minimum Gasteiger partial charge on any atom is -0.362 e. The summed E-state index contributed by atoms with van der Waals surface area (Å²) in [6.07, 6.45) is 2.05. The summed E-state index contributed by atoms with van der Waals surface area (Å²) in [4.78, 5) is 11.9. The number of likely N-dealkylation sites (N-methyl/N-ethyl adjacent to an activating group) is 1. The van der Waals surface area contributed by atoms with E-state index in [2.05, 4.69) is 33.0 Å². The van der Waals surface area contributed by atoms with Crippen molar-refractivity contribution in [3.8, 4) is 0 Å². The second-order valence-corrected chi connectivity index (χ2v) is 6.61. The molecule has 0 aromatic heterocycles. The quantitative estimate of drug-likeness (QED) is 0.833. The summed E-state index contributed by atoms with van der Waals surface area (Å²) in [7, 11) is 2.00. The van der Waals surface area contributed by atoms with Crippen LogP contribution in [0.2, 0.25) is 0 Å². The van der Waals surface area contributed by atoms with Crippen LogP contribution in [0.15, 0.2) is 0 Å². The predicted octanol–water partition coefficient (Wildman–Crippen LogP) is 3.03. The van der Waals surface area contributed by atoms with Crippen LogP contribution in [0.5, 0.6) is 0 Å². The first-order valence-corrected chi connectivity index (χ1v) is 7.63. The fourth-order valence-corrected chi connectivity index (χ4v) is 3.29. The zero-order valence-electron chi connectivity index (χ0n) is 13.6. The number of carbonyl (C=O) groups excluding carboxylic acids is 1. The van der Waals surface area contributed by atoms with Crippen molar-refractivity contribution in [3.63, 3.8) is 0 Å². The second kappa shape index (κ2) is 6.36. The van der Waals surface area contributed by atoms with Gasteiger partial charge in [-0.2, -0.15) is 0 Å². The SMILES string of the molecule is CCC(C)C(C)C1OC(C)(C(C)=O)CC(C)C1NC. The van der Waals surface area contributed by atoms with E-state index in [-0.39, 0.29) is 11.9 Å². The lowest BCUT2D eigenvalue weighted by molar-refractivity contribution is -0.181. The van der Waals surface area contributed by atoms with Crippen LogP contribution in [0, 0.1) is 17.8 Å². The smallest absolute Gasteiger partial charge is 0.161 e. The fourth-order valence-electron chi connectivity index (χ4n) is 3.29. The Morgan fingerprint density at radius 1 is 1.47 bits per heavy atom. The zero-order chi connectivity index (χ0) is 14.8. The maximum absolute atomic E-state index is 11.9. The molecule has 0 radical (unpaired) electrons. The monoisotopic (exact) mass is 269 g/mol. The van der Waals surface area contributed by atoms with E-state index in [4.69, 9.17) is 4.74 Å². The van der Waals surface area contributed by atoms with Gasteiger partial charge in [0.15, 0.2) is 5.78 Å². The molecule has 0 saturated carbocycles. The van der Waals surface area contributed by atoms with E-state index in [1.807, 2.05) is 14.0 Å². The van der Waals surface area contributed by atoms with Gasteiger partial charge in [0, 0.05) is 6.04 Å². The third kappa shape index (κ3) is 3.38. The summed E-state index contributed by atoms with van der Waals surface area (Å²) >= 11 is 0. The first-order valence-electron chi connectivity index (χ1n) is 7.63. The molecular formula is C16H31NO2. The summed E-state index contributed by atoms with van der Waals surface area (Å²) in [6.45, 7) is 12.6. The molecule has 19 heavy (non-hydrogen) atoms. The van der Waals surface area contributed by atoms with Gasteiger partial charge in [-0.25, -0.2) is 0 Å². The Bertz CT molecular complexity index is 318. The molecule has 1 rings (SSSR count). The molecule has 0 aromatic rings. The number of rotatable bonds is 5. The van der Waals surface area contributed by atoms with Crippen LogP contribution in [0.4, 0.5) is 0 Å². The molecule has 0 spiro atoms. The third-order valence-electron chi connectivity index (χ3n) is 5.21. The Labute approximate surface area is 118 Å². The summed E-state index contributed by atoms with van der Waals surface area (Å²) in [6, 6.07) is 0.330. The summed E-state index contributed by atoms with van der Waals surface area (Å²) < 4.78 is 6.28. The van der Waals surface area contributed by atoms with Crippen molar-refractivity contribution < 1.29 is 9.53 Å². The van der Waals surface area contributed by atoms with Crippen LogP contribution in [-0.2, 0) is 9.53 Å². The average molecular weight is 269 g/mol. The Morgan fingerprint density at radius 2 is 2.05 bits per heavy atom. The molecular weight excluding hydrogens is 238 g/mol. The first-order chi connectivity index (χ1) is 8.76. The molecule has 1 fully saturated rings. The van der Waals surface area contributed by atoms with Crippen LogP contribution in [0.1, 0.15) is 54.4 Å². The van der Waals surface area contributed by atoms with Gasteiger partial charge in [0.25, 0.3) is 0 Å². The van der Waals surface area contributed by atoms with Crippen molar-refractivity contribution in [2.75, 3.05) is 7.05 Å². The number of ketones is 1. The summed E-state index contributed by atoms with van der Waals surface area (Å²) in [5.41, 5.74) is -0.612. The highest BCUT2D eigenvalue weighted by molar-refractivity contribution is 5.84. The normalized spacial score (nSPS) is 38.8. The summed E-state index contributed by atoms with van der Waals surface area (Å²) in [5, 5.41) is 3.40. The molecule has 112 valence electrons. The lowest BCUT2D eigenvalue weighted by Crippen LogP contribution is -2.59. The Balaban J connectivity index is 2.99. The van der Waals surface area contributed by atoms with Crippen molar-refractivity contribution in [2.24, 2.45) is 17.8 Å². The summed E-state index contributed by atoms with van der Waals surface area (Å²) in [5.74, 6) is 1.64. The van der Waals surface area contributed by atoms with Crippen molar-refractivity contribution >= 4 is 5.78 Å². The van der Waals surface area contributed by atoms with Crippen LogP contribution < -0.4 is 5.32 Å². The molecule has 6 atom stereocenters. The van der Waals surface area contributed by atoms with Gasteiger partial charge in [0.1, 0.15) is 5.60 Å². The molecule has 0 bridgehead atoms. The van der Waals surface area contributed by atoms with E-state index in [0.717, 1.165) is 12.8 Å². The van der Waals surface area contributed by atoms with E-state index >= 15 is 0 Å². The number of nitrogens with one attached hydrogen (secondary N) is 1.